The molecule has 0 unspecified atom stereocenters. The van der Waals surface area contributed by atoms with E-state index in [1.807, 2.05) is 24.3 Å². The van der Waals surface area contributed by atoms with E-state index in [1.165, 1.54) is 11.2 Å². The summed E-state index contributed by atoms with van der Waals surface area (Å²) in [5.41, 5.74) is 2.34. The molecule has 31 heavy (non-hydrogen) atoms. The zero-order chi connectivity index (χ0) is 21.8. The molecule has 0 radical (unpaired) electrons. The van der Waals surface area contributed by atoms with Crippen molar-refractivity contribution in [2.75, 3.05) is 31.6 Å². The van der Waals surface area contributed by atoms with E-state index in [0.29, 0.717) is 50.0 Å². The number of amides is 1. The van der Waals surface area contributed by atoms with Gasteiger partial charge in [-0.3, -0.25) is 4.79 Å². The second kappa shape index (κ2) is 8.96. The molecule has 3 aromatic rings. The van der Waals surface area contributed by atoms with Gasteiger partial charge in [0.05, 0.1) is 24.5 Å². The minimum absolute atomic E-state index is 0.127. The number of anilines is 1. The third-order valence-electron chi connectivity index (χ3n) is 4.82. The number of sulfonamides is 1. The lowest BCUT2D eigenvalue weighted by Gasteiger charge is -2.26. The normalized spacial score (nSPS) is 15.0. The number of hydrogen-bond acceptors (Lipinski definition) is 7. The van der Waals surface area contributed by atoms with Crippen LogP contribution >= 0.6 is 0 Å². The second-order valence-electron chi connectivity index (χ2n) is 7.11. The molecular weight excluding hydrogens is 420 g/mol. The Morgan fingerprint density at radius 3 is 2.39 bits per heavy atom. The number of nitrogens with one attached hydrogen (secondary N) is 1. The van der Waals surface area contributed by atoms with Gasteiger partial charge in [0.25, 0.3) is 0 Å². The van der Waals surface area contributed by atoms with Crippen LogP contribution in [0.15, 0.2) is 57.9 Å². The number of carbonyl (C=O) groups is 1. The third kappa shape index (κ3) is 4.98. The summed E-state index contributed by atoms with van der Waals surface area (Å²) in [7, 11) is -3.54. The van der Waals surface area contributed by atoms with Crippen molar-refractivity contribution in [2.24, 2.45) is 0 Å². The molecule has 162 valence electrons. The van der Waals surface area contributed by atoms with Crippen LogP contribution in [0.2, 0.25) is 0 Å². The van der Waals surface area contributed by atoms with Crippen LogP contribution in [0.4, 0.5) is 5.69 Å². The number of aromatic nitrogens is 2. The Balaban J connectivity index is 1.44. The standard InChI is InChI=1S/C21H22N4O5S/c1-15(26)22-18-6-2-16(3-7-18)14-20-23-21(24-30-20)17-4-8-19(9-5-17)31(27,28)25-10-12-29-13-11-25/h2-9H,10-14H2,1H3,(H,22,26). The maximum Gasteiger partial charge on any atom is 0.243 e. The molecule has 0 atom stereocenters. The maximum atomic E-state index is 12.7. The lowest BCUT2D eigenvalue weighted by atomic mass is 10.1. The first-order valence-electron chi connectivity index (χ1n) is 9.79. The van der Waals surface area contributed by atoms with Crippen molar-refractivity contribution in [1.82, 2.24) is 14.4 Å². The van der Waals surface area contributed by atoms with Crippen molar-refractivity contribution in [2.45, 2.75) is 18.2 Å². The van der Waals surface area contributed by atoms with Crippen molar-refractivity contribution in [3.63, 3.8) is 0 Å². The first kappa shape index (κ1) is 21.2. The zero-order valence-corrected chi connectivity index (χ0v) is 17.8. The molecule has 0 spiro atoms. The predicted molar refractivity (Wildman–Crippen MR) is 113 cm³/mol. The van der Waals surface area contributed by atoms with E-state index in [9.17, 15) is 13.2 Å². The van der Waals surface area contributed by atoms with E-state index >= 15 is 0 Å². The van der Waals surface area contributed by atoms with Gasteiger partial charge in [-0.2, -0.15) is 9.29 Å². The molecule has 2 heterocycles. The van der Waals surface area contributed by atoms with Gasteiger partial charge in [-0.15, -0.1) is 0 Å². The summed E-state index contributed by atoms with van der Waals surface area (Å²) < 4.78 is 37.4. The molecule has 0 aliphatic carbocycles. The number of morpholine rings is 1. The average molecular weight is 442 g/mol. The monoisotopic (exact) mass is 442 g/mol. The Bertz CT molecular complexity index is 1150. The fourth-order valence-corrected chi connectivity index (χ4v) is 4.65. The second-order valence-corrected chi connectivity index (χ2v) is 9.05. The van der Waals surface area contributed by atoms with Gasteiger partial charge in [-0.25, -0.2) is 8.42 Å². The fourth-order valence-electron chi connectivity index (χ4n) is 3.24. The number of hydrogen-bond donors (Lipinski definition) is 1. The summed E-state index contributed by atoms with van der Waals surface area (Å²) in [5.74, 6) is 0.700. The zero-order valence-electron chi connectivity index (χ0n) is 16.9. The van der Waals surface area contributed by atoms with Crippen LogP contribution < -0.4 is 5.32 Å². The SMILES string of the molecule is CC(=O)Nc1ccc(Cc2nc(-c3ccc(S(=O)(=O)N4CCOCC4)cc3)no2)cc1. The largest absolute Gasteiger partial charge is 0.379 e. The van der Waals surface area contributed by atoms with E-state index in [4.69, 9.17) is 9.26 Å². The highest BCUT2D eigenvalue weighted by molar-refractivity contribution is 7.89. The summed E-state index contributed by atoms with van der Waals surface area (Å²) >= 11 is 0. The Morgan fingerprint density at radius 1 is 1.06 bits per heavy atom. The summed E-state index contributed by atoms with van der Waals surface area (Å²) in [6.07, 6.45) is 0.441. The third-order valence-corrected chi connectivity index (χ3v) is 6.73. The van der Waals surface area contributed by atoms with Crippen LogP contribution in [-0.2, 0) is 26.0 Å². The number of benzene rings is 2. The van der Waals surface area contributed by atoms with Gasteiger partial charge in [0, 0.05) is 31.3 Å². The van der Waals surface area contributed by atoms with Gasteiger partial charge >= 0.3 is 0 Å². The van der Waals surface area contributed by atoms with Crippen molar-refractivity contribution in [3.8, 4) is 11.4 Å². The van der Waals surface area contributed by atoms with Gasteiger partial charge in [-0.05, 0) is 42.0 Å². The van der Waals surface area contributed by atoms with E-state index in [0.717, 1.165) is 11.3 Å². The molecule has 1 aromatic heterocycles. The van der Waals surface area contributed by atoms with Crippen molar-refractivity contribution >= 4 is 21.6 Å². The number of nitrogens with zero attached hydrogens (tertiary/aromatic N) is 3. The molecule has 1 amide bonds. The van der Waals surface area contributed by atoms with Crippen LogP contribution in [0.3, 0.4) is 0 Å². The maximum absolute atomic E-state index is 12.7. The Hall–Kier alpha value is -3.08. The van der Waals surface area contributed by atoms with Crippen molar-refractivity contribution < 1.29 is 22.5 Å². The molecule has 1 saturated heterocycles. The molecule has 0 saturated carbocycles. The van der Waals surface area contributed by atoms with E-state index in [1.54, 1.807) is 24.3 Å². The molecule has 10 heteroatoms. The molecule has 1 fully saturated rings. The Morgan fingerprint density at radius 2 is 1.74 bits per heavy atom. The van der Waals surface area contributed by atoms with Gasteiger partial charge < -0.3 is 14.6 Å². The van der Waals surface area contributed by atoms with Crippen LogP contribution in [0.25, 0.3) is 11.4 Å². The minimum atomic E-state index is -3.54. The first-order chi connectivity index (χ1) is 14.9. The summed E-state index contributed by atoms with van der Waals surface area (Å²) in [6.45, 7) is 2.96. The number of ether oxygens (including phenoxy) is 1. The van der Waals surface area contributed by atoms with E-state index in [-0.39, 0.29) is 10.8 Å². The molecule has 2 aromatic carbocycles. The van der Waals surface area contributed by atoms with Gasteiger partial charge in [-0.1, -0.05) is 17.3 Å². The highest BCUT2D eigenvalue weighted by Crippen LogP contribution is 2.22. The molecule has 1 aliphatic heterocycles. The predicted octanol–water partition coefficient (Wildman–Crippen LogP) is 2.31. The van der Waals surface area contributed by atoms with Gasteiger partial charge in [0.15, 0.2) is 0 Å². The molecule has 9 nitrogen and oxygen atoms in total. The lowest BCUT2D eigenvalue weighted by molar-refractivity contribution is -0.114. The summed E-state index contributed by atoms with van der Waals surface area (Å²) in [6, 6.07) is 13.8. The molecular formula is C21H22N4O5S. The van der Waals surface area contributed by atoms with Crippen LogP contribution in [0.1, 0.15) is 18.4 Å². The van der Waals surface area contributed by atoms with Crippen LogP contribution in [0, 0.1) is 0 Å². The van der Waals surface area contributed by atoms with Gasteiger partial charge in [0.1, 0.15) is 0 Å². The summed E-state index contributed by atoms with van der Waals surface area (Å²) in [5, 5.41) is 6.72. The van der Waals surface area contributed by atoms with E-state index in [2.05, 4.69) is 15.5 Å². The van der Waals surface area contributed by atoms with Crippen LogP contribution in [0.5, 0.6) is 0 Å². The highest BCUT2D eigenvalue weighted by atomic mass is 32.2. The topological polar surface area (TPSA) is 115 Å². The first-order valence-corrected chi connectivity index (χ1v) is 11.2. The molecule has 0 bridgehead atoms. The quantitative estimate of drug-likeness (QED) is 0.623. The average Bonchev–Trinajstić information content (AvgIpc) is 3.24. The fraction of sp³-hybridized carbons (Fsp3) is 0.286. The highest BCUT2D eigenvalue weighted by Gasteiger charge is 2.26. The number of rotatable bonds is 6. The Labute approximate surface area is 180 Å². The lowest BCUT2D eigenvalue weighted by Crippen LogP contribution is -2.40. The van der Waals surface area contributed by atoms with E-state index < -0.39 is 10.0 Å². The molecule has 1 N–H and O–H groups in total. The molecule has 1 aliphatic rings. The number of carbonyl (C=O) groups excluding carboxylic acids is 1. The Kier molecular flexibility index (Phi) is 6.12. The van der Waals surface area contributed by atoms with Crippen molar-refractivity contribution in [1.29, 1.82) is 0 Å². The molecule has 4 rings (SSSR count). The minimum Gasteiger partial charge on any atom is -0.379 e. The van der Waals surface area contributed by atoms with Crippen LogP contribution in [-0.4, -0.2) is 55.1 Å². The van der Waals surface area contributed by atoms with Gasteiger partial charge in [0.2, 0.25) is 27.6 Å². The smallest absolute Gasteiger partial charge is 0.243 e. The summed E-state index contributed by atoms with van der Waals surface area (Å²) in [4.78, 5) is 15.7. The van der Waals surface area contributed by atoms with Crippen molar-refractivity contribution in [3.05, 3.63) is 60.0 Å².